The SMILES string of the molecule is Cc1nc2c(n1C(C)C)CN(Cc1ccncc1)CC21CCN(C(=O)N(C)C)CC1.O=C(O)C(F)(F)F.O=C(O)C(F)(F)F. The Bertz CT molecular complexity index is 1260. The van der Waals surface area contributed by atoms with Gasteiger partial charge in [0.25, 0.3) is 0 Å². The van der Waals surface area contributed by atoms with Crippen molar-refractivity contribution >= 4 is 18.0 Å². The Hall–Kier alpha value is -3.89. The number of alkyl halides is 6. The summed E-state index contributed by atoms with van der Waals surface area (Å²) in [6.07, 6.45) is -4.51. The Morgan fingerprint density at radius 2 is 1.45 bits per heavy atom. The zero-order chi connectivity index (χ0) is 33.6. The molecule has 1 saturated heterocycles. The monoisotopic (exact) mass is 638 g/mol. The van der Waals surface area contributed by atoms with Gasteiger partial charge in [0.1, 0.15) is 5.82 Å². The number of piperidine rings is 1. The Kier molecular flexibility index (Phi) is 11.8. The molecule has 44 heavy (non-hydrogen) atoms. The number of nitrogens with zero attached hydrogens (tertiary/aromatic N) is 6. The summed E-state index contributed by atoms with van der Waals surface area (Å²) in [5.74, 6) is -4.41. The maximum Gasteiger partial charge on any atom is 0.490 e. The van der Waals surface area contributed by atoms with Crippen LogP contribution in [0, 0.1) is 6.92 Å². The van der Waals surface area contributed by atoms with Gasteiger partial charge in [-0.05, 0) is 51.3 Å². The third-order valence-corrected chi connectivity index (χ3v) is 7.12. The summed E-state index contributed by atoms with van der Waals surface area (Å²) in [7, 11) is 3.66. The fourth-order valence-corrected chi connectivity index (χ4v) is 5.28. The highest BCUT2D eigenvalue weighted by atomic mass is 19.4. The average molecular weight is 639 g/mol. The molecule has 2 aliphatic heterocycles. The fourth-order valence-electron chi connectivity index (χ4n) is 5.28. The number of aliphatic carboxylic acids is 2. The second kappa shape index (κ2) is 14.3. The number of rotatable bonds is 3. The minimum Gasteiger partial charge on any atom is -0.475 e. The molecule has 1 spiro atoms. The summed E-state index contributed by atoms with van der Waals surface area (Å²) < 4.78 is 65.9. The highest BCUT2D eigenvalue weighted by Gasteiger charge is 2.46. The van der Waals surface area contributed by atoms with Gasteiger partial charge in [-0.2, -0.15) is 26.3 Å². The molecular formula is C27H36F6N6O5. The van der Waals surface area contributed by atoms with E-state index in [0.717, 1.165) is 51.4 Å². The van der Waals surface area contributed by atoms with Crippen molar-refractivity contribution in [1.82, 2.24) is 29.2 Å². The van der Waals surface area contributed by atoms with Crippen LogP contribution in [0.2, 0.25) is 0 Å². The van der Waals surface area contributed by atoms with Crippen molar-refractivity contribution in [3.8, 4) is 0 Å². The van der Waals surface area contributed by atoms with Crippen LogP contribution in [0.25, 0.3) is 0 Å². The van der Waals surface area contributed by atoms with Gasteiger partial charge in [0.2, 0.25) is 0 Å². The summed E-state index contributed by atoms with van der Waals surface area (Å²) in [6.45, 7) is 11.0. The fraction of sp³-hybridized carbons (Fsp3) is 0.593. The molecule has 1 fully saturated rings. The third-order valence-electron chi connectivity index (χ3n) is 7.12. The number of fused-ring (bicyclic) bond motifs is 2. The lowest BCUT2D eigenvalue weighted by Gasteiger charge is -2.47. The van der Waals surface area contributed by atoms with Crippen molar-refractivity contribution in [2.45, 2.75) is 70.5 Å². The summed E-state index contributed by atoms with van der Waals surface area (Å²) in [5, 5.41) is 14.2. The van der Waals surface area contributed by atoms with Crippen LogP contribution in [-0.4, -0.2) is 103 Å². The lowest BCUT2D eigenvalue weighted by Crippen LogP contribution is -2.54. The van der Waals surface area contributed by atoms with Crippen LogP contribution in [0.3, 0.4) is 0 Å². The molecule has 0 saturated carbocycles. The van der Waals surface area contributed by atoms with Gasteiger partial charge in [0, 0.05) is 70.7 Å². The van der Waals surface area contributed by atoms with Crippen molar-refractivity contribution in [3.63, 3.8) is 0 Å². The number of hydrogen-bond acceptors (Lipinski definition) is 6. The second-order valence-corrected chi connectivity index (χ2v) is 11.0. The number of imidazole rings is 1. The summed E-state index contributed by atoms with van der Waals surface area (Å²) in [6, 6.07) is 4.70. The number of pyridine rings is 1. The summed E-state index contributed by atoms with van der Waals surface area (Å²) >= 11 is 0. The number of amides is 2. The number of halogens is 6. The van der Waals surface area contributed by atoms with Crippen LogP contribution >= 0.6 is 0 Å². The number of likely N-dealkylation sites (tertiary alicyclic amines) is 1. The van der Waals surface area contributed by atoms with Crippen molar-refractivity contribution in [3.05, 3.63) is 47.3 Å². The smallest absolute Gasteiger partial charge is 0.475 e. The standard InChI is InChI=1S/C23H34N6O.2C2HF3O2/c1-17(2)29-18(3)25-21-20(29)15-27(14-19-6-10-24-11-7-19)16-23(21)8-12-28(13-9-23)22(30)26(4)5;2*3-2(4,5)1(6)7/h6-7,10-11,17H,8-9,12-16H2,1-5H3;2*(H,6,7). The first kappa shape index (κ1) is 36.3. The van der Waals surface area contributed by atoms with E-state index < -0.39 is 24.3 Å². The molecule has 4 heterocycles. The van der Waals surface area contributed by atoms with E-state index in [0.29, 0.717) is 6.04 Å². The first-order valence-electron chi connectivity index (χ1n) is 13.5. The van der Waals surface area contributed by atoms with E-state index in [1.54, 1.807) is 4.90 Å². The summed E-state index contributed by atoms with van der Waals surface area (Å²) in [5.41, 5.74) is 3.93. The molecule has 17 heteroatoms. The van der Waals surface area contributed by atoms with E-state index in [9.17, 15) is 31.1 Å². The number of urea groups is 1. The van der Waals surface area contributed by atoms with Crippen molar-refractivity contribution in [2.75, 3.05) is 33.7 Å². The Balaban J connectivity index is 0.000000402. The van der Waals surface area contributed by atoms with Crippen LogP contribution in [0.4, 0.5) is 31.1 Å². The molecule has 0 bridgehead atoms. The van der Waals surface area contributed by atoms with E-state index in [-0.39, 0.29) is 11.4 Å². The van der Waals surface area contributed by atoms with Crippen molar-refractivity contribution in [2.24, 2.45) is 0 Å². The largest absolute Gasteiger partial charge is 0.490 e. The van der Waals surface area contributed by atoms with Gasteiger partial charge >= 0.3 is 30.3 Å². The van der Waals surface area contributed by atoms with Gasteiger partial charge in [-0.3, -0.25) is 9.88 Å². The normalized spacial score (nSPS) is 16.3. The predicted molar refractivity (Wildman–Crippen MR) is 145 cm³/mol. The maximum absolute atomic E-state index is 12.5. The summed E-state index contributed by atoms with van der Waals surface area (Å²) in [4.78, 5) is 45.8. The quantitative estimate of drug-likeness (QED) is 0.471. The predicted octanol–water partition coefficient (Wildman–Crippen LogP) is 4.47. The van der Waals surface area contributed by atoms with Crippen molar-refractivity contribution in [1.29, 1.82) is 0 Å². The van der Waals surface area contributed by atoms with E-state index in [1.807, 2.05) is 31.4 Å². The molecule has 2 N–H and O–H groups in total. The molecule has 0 radical (unpaired) electrons. The highest BCUT2D eigenvalue weighted by Crippen LogP contribution is 2.43. The van der Waals surface area contributed by atoms with Crippen LogP contribution in [-0.2, 0) is 28.1 Å². The molecule has 2 aromatic heterocycles. The molecule has 11 nitrogen and oxygen atoms in total. The Morgan fingerprint density at radius 1 is 0.977 bits per heavy atom. The maximum atomic E-state index is 12.5. The molecule has 0 atom stereocenters. The number of carbonyl (C=O) groups excluding carboxylic acids is 1. The molecular weight excluding hydrogens is 602 g/mol. The number of carbonyl (C=O) groups is 3. The van der Waals surface area contributed by atoms with Crippen LogP contribution in [0.5, 0.6) is 0 Å². The molecule has 2 aromatic rings. The zero-order valence-electron chi connectivity index (χ0n) is 24.9. The number of carboxylic acid groups (broad SMARTS) is 2. The molecule has 246 valence electrons. The first-order valence-corrected chi connectivity index (χ1v) is 13.5. The van der Waals surface area contributed by atoms with E-state index in [1.165, 1.54) is 17.0 Å². The average Bonchev–Trinajstić information content (AvgIpc) is 3.25. The molecule has 4 rings (SSSR count). The van der Waals surface area contributed by atoms with E-state index in [4.69, 9.17) is 24.8 Å². The minimum absolute atomic E-state index is 0.00854. The van der Waals surface area contributed by atoms with Gasteiger partial charge in [-0.15, -0.1) is 0 Å². The van der Waals surface area contributed by atoms with E-state index >= 15 is 0 Å². The minimum atomic E-state index is -5.08. The number of aryl methyl sites for hydroxylation is 1. The molecule has 0 aromatic carbocycles. The number of carboxylic acids is 2. The molecule has 2 aliphatic rings. The topological polar surface area (TPSA) is 132 Å². The van der Waals surface area contributed by atoms with Crippen LogP contribution < -0.4 is 0 Å². The van der Waals surface area contributed by atoms with Gasteiger partial charge < -0.3 is 24.6 Å². The second-order valence-electron chi connectivity index (χ2n) is 11.0. The van der Waals surface area contributed by atoms with E-state index in [2.05, 4.69) is 47.4 Å². The van der Waals surface area contributed by atoms with Crippen LogP contribution in [0.1, 0.15) is 55.5 Å². The third kappa shape index (κ3) is 9.30. The lowest BCUT2D eigenvalue weighted by atomic mass is 9.72. The zero-order valence-corrected chi connectivity index (χ0v) is 24.9. The molecule has 2 amide bonds. The number of hydrogen-bond donors (Lipinski definition) is 2. The van der Waals surface area contributed by atoms with Gasteiger partial charge in [0.15, 0.2) is 0 Å². The van der Waals surface area contributed by atoms with Gasteiger partial charge in [-0.1, -0.05) is 0 Å². The molecule has 0 aliphatic carbocycles. The first-order chi connectivity index (χ1) is 20.2. The van der Waals surface area contributed by atoms with Crippen LogP contribution in [0.15, 0.2) is 24.5 Å². The lowest BCUT2D eigenvalue weighted by molar-refractivity contribution is -0.193. The Labute approximate surface area is 250 Å². The number of aromatic nitrogens is 3. The van der Waals surface area contributed by atoms with Crippen molar-refractivity contribution < 1.29 is 50.9 Å². The highest BCUT2D eigenvalue weighted by molar-refractivity contribution is 5.74. The van der Waals surface area contributed by atoms with Gasteiger partial charge in [0.05, 0.1) is 11.4 Å². The Morgan fingerprint density at radius 3 is 1.86 bits per heavy atom. The van der Waals surface area contributed by atoms with Gasteiger partial charge in [-0.25, -0.2) is 19.4 Å². The molecule has 0 unspecified atom stereocenters.